The molecule has 1 atom stereocenters. The number of amides is 2. The average Bonchev–Trinajstić information content (AvgIpc) is 2.84. The van der Waals surface area contributed by atoms with Gasteiger partial charge in [0.2, 0.25) is 0 Å². The highest BCUT2D eigenvalue weighted by molar-refractivity contribution is 5.74. The van der Waals surface area contributed by atoms with E-state index in [1.807, 2.05) is 0 Å². The van der Waals surface area contributed by atoms with Crippen LogP contribution in [0.3, 0.4) is 0 Å². The number of nitrogens with zero attached hydrogens (tertiary/aromatic N) is 1. The SMILES string of the molecule is NCCN1CCC(NC(=O)NC2CCOC2)CC1. The number of urea groups is 1. The third-order valence-electron chi connectivity index (χ3n) is 3.63. The minimum absolute atomic E-state index is 0.0530. The molecule has 2 amide bonds. The summed E-state index contributed by atoms with van der Waals surface area (Å²) >= 11 is 0. The Morgan fingerprint density at radius 1 is 1.22 bits per heavy atom. The van der Waals surface area contributed by atoms with E-state index in [9.17, 15) is 4.79 Å². The Balaban J connectivity index is 1.63. The number of rotatable bonds is 4. The topological polar surface area (TPSA) is 79.6 Å². The molecular weight excluding hydrogens is 232 g/mol. The largest absolute Gasteiger partial charge is 0.379 e. The van der Waals surface area contributed by atoms with Gasteiger partial charge in [0.25, 0.3) is 0 Å². The van der Waals surface area contributed by atoms with Crippen LogP contribution in [0.4, 0.5) is 4.79 Å². The van der Waals surface area contributed by atoms with E-state index >= 15 is 0 Å². The van der Waals surface area contributed by atoms with Crippen molar-refractivity contribution in [3.8, 4) is 0 Å². The van der Waals surface area contributed by atoms with Gasteiger partial charge in [0, 0.05) is 38.8 Å². The van der Waals surface area contributed by atoms with Crippen LogP contribution in [0.2, 0.25) is 0 Å². The first-order valence-corrected chi connectivity index (χ1v) is 6.85. The summed E-state index contributed by atoms with van der Waals surface area (Å²) in [5, 5.41) is 6.00. The van der Waals surface area contributed by atoms with Crippen LogP contribution in [-0.2, 0) is 4.74 Å². The van der Waals surface area contributed by atoms with Gasteiger partial charge in [-0.2, -0.15) is 0 Å². The molecule has 2 aliphatic rings. The second kappa shape index (κ2) is 6.92. The third-order valence-corrected chi connectivity index (χ3v) is 3.63. The van der Waals surface area contributed by atoms with Crippen molar-refractivity contribution in [1.82, 2.24) is 15.5 Å². The van der Waals surface area contributed by atoms with E-state index in [1.54, 1.807) is 0 Å². The summed E-state index contributed by atoms with van der Waals surface area (Å²) in [5.74, 6) is 0. The van der Waals surface area contributed by atoms with E-state index < -0.39 is 0 Å². The molecule has 0 aliphatic carbocycles. The maximum Gasteiger partial charge on any atom is 0.315 e. The molecule has 2 heterocycles. The molecule has 0 bridgehead atoms. The quantitative estimate of drug-likeness (QED) is 0.633. The molecule has 6 heteroatoms. The van der Waals surface area contributed by atoms with Gasteiger partial charge in [-0.1, -0.05) is 0 Å². The van der Waals surface area contributed by atoms with Crippen LogP contribution in [-0.4, -0.2) is 62.4 Å². The molecule has 0 aromatic carbocycles. The first kappa shape index (κ1) is 13.6. The molecule has 0 saturated carbocycles. The van der Waals surface area contributed by atoms with Gasteiger partial charge in [0.1, 0.15) is 0 Å². The fourth-order valence-corrected chi connectivity index (χ4v) is 2.54. The number of nitrogens with two attached hydrogens (primary N) is 1. The van der Waals surface area contributed by atoms with E-state index in [4.69, 9.17) is 10.5 Å². The van der Waals surface area contributed by atoms with Gasteiger partial charge < -0.3 is 26.0 Å². The van der Waals surface area contributed by atoms with Crippen molar-refractivity contribution >= 4 is 6.03 Å². The van der Waals surface area contributed by atoms with Gasteiger partial charge in [0.05, 0.1) is 12.6 Å². The highest BCUT2D eigenvalue weighted by Gasteiger charge is 2.22. The van der Waals surface area contributed by atoms with Crippen molar-refractivity contribution in [1.29, 1.82) is 0 Å². The summed E-state index contributed by atoms with van der Waals surface area (Å²) in [5.41, 5.74) is 5.53. The summed E-state index contributed by atoms with van der Waals surface area (Å²) in [6.07, 6.45) is 2.94. The van der Waals surface area contributed by atoms with Gasteiger partial charge in [-0.15, -0.1) is 0 Å². The van der Waals surface area contributed by atoms with Crippen molar-refractivity contribution in [2.24, 2.45) is 5.73 Å². The number of carbonyl (C=O) groups is 1. The number of hydrogen-bond donors (Lipinski definition) is 3. The Morgan fingerprint density at radius 2 is 1.94 bits per heavy atom. The molecule has 0 radical (unpaired) electrons. The number of hydrogen-bond acceptors (Lipinski definition) is 4. The molecule has 1 unspecified atom stereocenters. The lowest BCUT2D eigenvalue weighted by Gasteiger charge is -2.32. The van der Waals surface area contributed by atoms with Crippen LogP contribution in [0.1, 0.15) is 19.3 Å². The monoisotopic (exact) mass is 256 g/mol. The normalized spacial score (nSPS) is 26.2. The minimum atomic E-state index is -0.0530. The van der Waals surface area contributed by atoms with E-state index in [0.717, 1.165) is 45.5 Å². The van der Waals surface area contributed by atoms with Gasteiger partial charge in [-0.25, -0.2) is 4.79 Å². The van der Waals surface area contributed by atoms with Crippen LogP contribution in [0.25, 0.3) is 0 Å². The molecule has 2 rings (SSSR count). The lowest BCUT2D eigenvalue weighted by Crippen LogP contribution is -2.50. The second-order valence-electron chi connectivity index (χ2n) is 5.08. The minimum Gasteiger partial charge on any atom is -0.379 e. The zero-order valence-electron chi connectivity index (χ0n) is 10.9. The third kappa shape index (κ3) is 4.12. The number of carbonyl (C=O) groups excluding carboxylic acids is 1. The predicted molar refractivity (Wildman–Crippen MR) is 69.4 cm³/mol. The molecule has 0 aromatic rings. The number of piperidine rings is 1. The lowest BCUT2D eigenvalue weighted by molar-refractivity contribution is 0.183. The summed E-state index contributed by atoms with van der Waals surface area (Å²) in [7, 11) is 0. The highest BCUT2D eigenvalue weighted by atomic mass is 16.5. The Kier molecular flexibility index (Phi) is 5.22. The van der Waals surface area contributed by atoms with E-state index in [-0.39, 0.29) is 12.1 Å². The molecule has 2 saturated heterocycles. The molecule has 0 spiro atoms. The van der Waals surface area contributed by atoms with Gasteiger partial charge in [-0.05, 0) is 19.3 Å². The fraction of sp³-hybridized carbons (Fsp3) is 0.917. The van der Waals surface area contributed by atoms with E-state index in [0.29, 0.717) is 19.2 Å². The molecule has 104 valence electrons. The van der Waals surface area contributed by atoms with Crippen molar-refractivity contribution in [2.45, 2.75) is 31.3 Å². The summed E-state index contributed by atoms with van der Waals surface area (Å²) in [6, 6.07) is 0.423. The van der Waals surface area contributed by atoms with Crippen LogP contribution in [0, 0.1) is 0 Å². The molecule has 0 aromatic heterocycles. The summed E-state index contributed by atoms with van der Waals surface area (Å²) in [4.78, 5) is 14.1. The van der Waals surface area contributed by atoms with E-state index in [1.165, 1.54) is 0 Å². The van der Waals surface area contributed by atoms with Crippen LogP contribution < -0.4 is 16.4 Å². The molecule has 2 fully saturated rings. The first-order valence-electron chi connectivity index (χ1n) is 6.85. The Hall–Kier alpha value is -0.850. The van der Waals surface area contributed by atoms with Crippen molar-refractivity contribution in [2.75, 3.05) is 39.4 Å². The van der Waals surface area contributed by atoms with E-state index in [2.05, 4.69) is 15.5 Å². The Bertz CT molecular complexity index is 261. The average molecular weight is 256 g/mol. The Morgan fingerprint density at radius 3 is 2.56 bits per heavy atom. The van der Waals surface area contributed by atoms with Gasteiger partial charge in [-0.3, -0.25) is 0 Å². The maximum atomic E-state index is 11.8. The highest BCUT2D eigenvalue weighted by Crippen LogP contribution is 2.10. The number of likely N-dealkylation sites (tertiary alicyclic amines) is 1. The van der Waals surface area contributed by atoms with Crippen LogP contribution >= 0.6 is 0 Å². The van der Waals surface area contributed by atoms with Gasteiger partial charge >= 0.3 is 6.03 Å². The van der Waals surface area contributed by atoms with Crippen molar-refractivity contribution < 1.29 is 9.53 Å². The Labute approximate surface area is 108 Å². The molecule has 2 aliphatic heterocycles. The first-order chi connectivity index (χ1) is 8.78. The smallest absolute Gasteiger partial charge is 0.315 e. The van der Waals surface area contributed by atoms with Gasteiger partial charge in [0.15, 0.2) is 0 Å². The zero-order valence-corrected chi connectivity index (χ0v) is 10.9. The number of nitrogens with one attached hydrogen (secondary N) is 2. The zero-order chi connectivity index (χ0) is 12.8. The van der Waals surface area contributed by atoms with Crippen LogP contribution in [0.15, 0.2) is 0 Å². The molecule has 4 N–H and O–H groups in total. The molecular formula is C12H24N4O2. The lowest BCUT2D eigenvalue weighted by atomic mass is 10.1. The van der Waals surface area contributed by atoms with Crippen molar-refractivity contribution in [3.05, 3.63) is 0 Å². The molecule has 6 nitrogen and oxygen atoms in total. The predicted octanol–water partition coefficient (Wildman–Crippen LogP) is -0.502. The van der Waals surface area contributed by atoms with Crippen LogP contribution in [0.5, 0.6) is 0 Å². The second-order valence-corrected chi connectivity index (χ2v) is 5.08. The maximum absolute atomic E-state index is 11.8. The number of ether oxygens (including phenoxy) is 1. The summed E-state index contributed by atoms with van der Waals surface area (Å²) < 4.78 is 5.23. The fourth-order valence-electron chi connectivity index (χ4n) is 2.54. The van der Waals surface area contributed by atoms with Crippen molar-refractivity contribution in [3.63, 3.8) is 0 Å². The summed E-state index contributed by atoms with van der Waals surface area (Å²) in [6.45, 7) is 5.10. The molecule has 18 heavy (non-hydrogen) atoms. The standard InChI is InChI=1S/C12H24N4O2/c13-4-7-16-5-1-10(2-6-16)14-12(17)15-11-3-8-18-9-11/h10-11H,1-9,13H2,(H2,14,15,17).